The van der Waals surface area contributed by atoms with Crippen molar-refractivity contribution >= 4 is 16.0 Å². The first kappa shape index (κ1) is 20.1. The molecule has 0 unspecified atom stereocenters. The molecule has 1 N–H and O–H groups in total. The number of hydrogen-bond donors (Lipinski definition) is 1. The fourth-order valence-electron chi connectivity index (χ4n) is 2.15. The second-order valence-corrected chi connectivity index (χ2v) is 7.78. The van der Waals surface area contributed by atoms with E-state index >= 15 is 0 Å². The van der Waals surface area contributed by atoms with Crippen LogP contribution in [0.3, 0.4) is 0 Å². The second kappa shape index (κ2) is 7.58. The summed E-state index contributed by atoms with van der Waals surface area (Å²) in [5, 5.41) is 0. The molecule has 0 saturated heterocycles. The first-order valence-corrected chi connectivity index (χ1v) is 9.27. The van der Waals surface area contributed by atoms with E-state index in [1.54, 1.807) is 32.0 Å². The van der Waals surface area contributed by atoms with E-state index in [-0.39, 0.29) is 12.1 Å². The van der Waals surface area contributed by atoms with Crippen LogP contribution in [0.2, 0.25) is 0 Å². The van der Waals surface area contributed by atoms with Gasteiger partial charge >= 0.3 is 6.18 Å². The highest BCUT2D eigenvalue weighted by atomic mass is 32.2. The van der Waals surface area contributed by atoms with Crippen LogP contribution in [-0.2, 0) is 28.5 Å². The summed E-state index contributed by atoms with van der Waals surface area (Å²) >= 11 is 0. The molecular formula is C16H19F3N4O2S. The summed E-state index contributed by atoms with van der Waals surface area (Å²) in [6, 6.07) is 5.69. The van der Waals surface area contributed by atoms with Crippen LogP contribution in [0, 0.1) is 6.92 Å². The van der Waals surface area contributed by atoms with Gasteiger partial charge in [-0.3, -0.25) is 0 Å². The Morgan fingerprint density at radius 2 is 1.73 bits per heavy atom. The second-order valence-electron chi connectivity index (χ2n) is 5.97. The van der Waals surface area contributed by atoms with Crippen molar-refractivity contribution in [2.75, 3.05) is 19.0 Å². The number of benzene rings is 1. The van der Waals surface area contributed by atoms with Crippen LogP contribution in [0.25, 0.3) is 0 Å². The summed E-state index contributed by atoms with van der Waals surface area (Å²) in [4.78, 5) is 10.2. The molecule has 2 rings (SSSR count). The Morgan fingerprint density at radius 3 is 2.27 bits per heavy atom. The predicted octanol–water partition coefficient (Wildman–Crippen LogP) is 2.49. The standard InChI is InChI=1S/C16H19F3N4O2S/c1-11-8-14(22-15(21-11)23(2)3)9-20-26(24,25)10-12-4-6-13(7-5-12)16(17,18)19/h4-8,20H,9-10H2,1-3H3. The van der Waals surface area contributed by atoms with E-state index < -0.39 is 27.5 Å². The molecule has 0 aliphatic heterocycles. The Morgan fingerprint density at radius 1 is 1.12 bits per heavy atom. The summed E-state index contributed by atoms with van der Waals surface area (Å²) in [7, 11) is -0.190. The third-order valence-corrected chi connectivity index (χ3v) is 4.70. The minimum Gasteiger partial charge on any atom is -0.347 e. The normalized spacial score (nSPS) is 12.2. The lowest BCUT2D eigenvalue weighted by Gasteiger charge is -2.13. The van der Waals surface area contributed by atoms with Gasteiger partial charge < -0.3 is 4.90 Å². The van der Waals surface area contributed by atoms with Crippen molar-refractivity contribution in [3.63, 3.8) is 0 Å². The molecule has 1 heterocycles. The molecule has 0 fully saturated rings. The van der Waals surface area contributed by atoms with Crippen LogP contribution in [0.15, 0.2) is 30.3 Å². The lowest BCUT2D eigenvalue weighted by Crippen LogP contribution is -2.26. The smallest absolute Gasteiger partial charge is 0.347 e. The number of rotatable bonds is 6. The molecule has 0 aliphatic carbocycles. The number of halogens is 3. The van der Waals surface area contributed by atoms with Gasteiger partial charge in [-0.2, -0.15) is 13.2 Å². The topological polar surface area (TPSA) is 75.2 Å². The van der Waals surface area contributed by atoms with E-state index in [4.69, 9.17) is 0 Å². The summed E-state index contributed by atoms with van der Waals surface area (Å²) in [6.07, 6.45) is -4.45. The number of hydrogen-bond acceptors (Lipinski definition) is 5. The number of sulfonamides is 1. The molecule has 2 aromatic rings. The van der Waals surface area contributed by atoms with Gasteiger partial charge in [0, 0.05) is 19.8 Å². The van der Waals surface area contributed by atoms with Gasteiger partial charge in [0.2, 0.25) is 16.0 Å². The number of alkyl halides is 3. The Balaban J connectivity index is 2.05. The average molecular weight is 388 g/mol. The highest BCUT2D eigenvalue weighted by molar-refractivity contribution is 7.88. The Bertz CT molecular complexity index is 866. The molecule has 1 aromatic heterocycles. The molecule has 0 aliphatic rings. The lowest BCUT2D eigenvalue weighted by molar-refractivity contribution is -0.137. The number of aryl methyl sites for hydroxylation is 1. The SMILES string of the molecule is Cc1cc(CNS(=O)(=O)Cc2ccc(C(F)(F)F)cc2)nc(N(C)C)n1. The van der Waals surface area contributed by atoms with E-state index in [2.05, 4.69) is 14.7 Å². The molecule has 0 atom stereocenters. The van der Waals surface area contributed by atoms with Gasteiger partial charge in [-0.25, -0.2) is 23.1 Å². The maximum Gasteiger partial charge on any atom is 0.416 e. The molecule has 1 aromatic carbocycles. The average Bonchev–Trinajstić information content (AvgIpc) is 2.52. The summed E-state index contributed by atoms with van der Waals surface area (Å²) in [5.41, 5.74) is 0.635. The molecule has 0 radical (unpaired) electrons. The summed E-state index contributed by atoms with van der Waals surface area (Å²) in [5.74, 6) is 0.0392. The fraction of sp³-hybridized carbons (Fsp3) is 0.375. The third-order valence-electron chi connectivity index (χ3n) is 3.41. The van der Waals surface area contributed by atoms with E-state index in [1.165, 1.54) is 0 Å². The Kier molecular flexibility index (Phi) is 5.87. The molecule has 142 valence electrons. The number of anilines is 1. The zero-order valence-corrected chi connectivity index (χ0v) is 15.3. The first-order valence-electron chi connectivity index (χ1n) is 7.61. The molecule has 0 bridgehead atoms. The highest BCUT2D eigenvalue weighted by Gasteiger charge is 2.30. The van der Waals surface area contributed by atoms with Crippen molar-refractivity contribution in [2.24, 2.45) is 0 Å². The summed E-state index contributed by atoms with van der Waals surface area (Å²) < 4.78 is 64.4. The van der Waals surface area contributed by atoms with Crippen molar-refractivity contribution in [2.45, 2.75) is 25.4 Å². The van der Waals surface area contributed by atoms with Crippen LogP contribution in [-0.4, -0.2) is 32.5 Å². The van der Waals surface area contributed by atoms with Crippen molar-refractivity contribution in [3.8, 4) is 0 Å². The predicted molar refractivity (Wildman–Crippen MR) is 92.0 cm³/mol. The Hall–Kier alpha value is -2.20. The minimum absolute atomic E-state index is 0.0346. The maximum atomic E-state index is 12.5. The van der Waals surface area contributed by atoms with Crippen LogP contribution in [0.4, 0.5) is 19.1 Å². The van der Waals surface area contributed by atoms with Crippen molar-refractivity contribution in [1.82, 2.24) is 14.7 Å². The van der Waals surface area contributed by atoms with E-state index in [0.29, 0.717) is 17.3 Å². The van der Waals surface area contributed by atoms with E-state index in [0.717, 1.165) is 24.3 Å². The quantitative estimate of drug-likeness (QED) is 0.823. The zero-order chi connectivity index (χ0) is 19.5. The van der Waals surface area contributed by atoms with Crippen molar-refractivity contribution < 1.29 is 21.6 Å². The number of aromatic nitrogens is 2. The van der Waals surface area contributed by atoms with Gasteiger partial charge in [-0.05, 0) is 30.7 Å². The third kappa shape index (κ3) is 5.67. The van der Waals surface area contributed by atoms with Gasteiger partial charge in [-0.15, -0.1) is 0 Å². The van der Waals surface area contributed by atoms with Crippen LogP contribution >= 0.6 is 0 Å². The lowest BCUT2D eigenvalue weighted by atomic mass is 10.1. The molecule has 26 heavy (non-hydrogen) atoms. The number of nitrogens with zero attached hydrogens (tertiary/aromatic N) is 3. The zero-order valence-electron chi connectivity index (χ0n) is 14.5. The highest BCUT2D eigenvalue weighted by Crippen LogP contribution is 2.29. The monoisotopic (exact) mass is 388 g/mol. The molecule has 10 heteroatoms. The molecule has 0 saturated carbocycles. The largest absolute Gasteiger partial charge is 0.416 e. The van der Waals surface area contributed by atoms with Gasteiger partial charge in [-0.1, -0.05) is 12.1 Å². The molecular weight excluding hydrogens is 369 g/mol. The van der Waals surface area contributed by atoms with Crippen LogP contribution in [0.5, 0.6) is 0 Å². The van der Waals surface area contributed by atoms with Gasteiger partial charge in [0.15, 0.2) is 0 Å². The first-order chi connectivity index (χ1) is 12.0. The molecule has 6 nitrogen and oxygen atoms in total. The van der Waals surface area contributed by atoms with Crippen molar-refractivity contribution in [1.29, 1.82) is 0 Å². The summed E-state index contributed by atoms with van der Waals surface area (Å²) in [6.45, 7) is 1.74. The van der Waals surface area contributed by atoms with Gasteiger partial charge in [0.05, 0.1) is 23.6 Å². The molecule has 0 spiro atoms. The minimum atomic E-state index is -4.45. The van der Waals surface area contributed by atoms with Gasteiger partial charge in [0.25, 0.3) is 0 Å². The van der Waals surface area contributed by atoms with E-state index in [9.17, 15) is 21.6 Å². The van der Waals surface area contributed by atoms with Crippen LogP contribution in [0.1, 0.15) is 22.5 Å². The van der Waals surface area contributed by atoms with Gasteiger partial charge in [0.1, 0.15) is 0 Å². The van der Waals surface area contributed by atoms with Crippen LogP contribution < -0.4 is 9.62 Å². The molecule has 0 amide bonds. The van der Waals surface area contributed by atoms with Crippen molar-refractivity contribution in [3.05, 3.63) is 52.8 Å². The fourth-order valence-corrected chi connectivity index (χ4v) is 3.25. The maximum absolute atomic E-state index is 12.5. The number of nitrogens with one attached hydrogen (secondary N) is 1. The van der Waals surface area contributed by atoms with E-state index in [1.807, 2.05) is 0 Å². The Labute approximate surface area is 150 Å².